The molecule has 1 atom stereocenters. The third-order valence-corrected chi connectivity index (χ3v) is 6.70. The second-order valence-corrected chi connectivity index (χ2v) is 8.72. The number of sulfone groups is 1. The molecule has 23 heavy (non-hydrogen) atoms. The molecule has 2 aromatic rings. The van der Waals surface area contributed by atoms with Gasteiger partial charge in [0.15, 0.2) is 9.84 Å². The molecule has 0 radical (unpaired) electrons. The Morgan fingerprint density at radius 3 is 2.78 bits per heavy atom. The molecule has 0 amide bonds. The first kappa shape index (κ1) is 16.1. The third kappa shape index (κ3) is 3.98. The van der Waals surface area contributed by atoms with E-state index in [1.54, 1.807) is 6.20 Å². The van der Waals surface area contributed by atoms with Crippen LogP contribution in [0.1, 0.15) is 18.9 Å². The second kappa shape index (κ2) is 6.81. The molecule has 0 unspecified atom stereocenters. The molecule has 1 fully saturated rings. The van der Waals surface area contributed by atoms with E-state index < -0.39 is 9.84 Å². The van der Waals surface area contributed by atoms with Crippen molar-refractivity contribution in [3.63, 3.8) is 0 Å². The molecule has 3 rings (SSSR count). The normalized spacial score (nSPS) is 21.7. The highest BCUT2D eigenvalue weighted by Crippen LogP contribution is 2.21. The highest BCUT2D eigenvalue weighted by atomic mass is 32.2. The monoisotopic (exact) mass is 330 g/mol. The van der Waals surface area contributed by atoms with Crippen LogP contribution in [0.25, 0.3) is 11.1 Å². The highest BCUT2D eigenvalue weighted by molar-refractivity contribution is 7.92. The molecule has 1 aliphatic heterocycles. The molecule has 2 heterocycles. The zero-order valence-electron chi connectivity index (χ0n) is 13.4. The standard InChI is InChI=1S/C18H22N2O2S/c1-15-7-9-20(10-11-23(15,21)22)14-16-4-2-5-17(12-16)18-6-3-8-19-13-18/h2-6,8,12-13,15H,7,9-11,14H2,1H3/t15-/m1/s1. The molecule has 0 saturated carbocycles. The summed E-state index contributed by atoms with van der Waals surface area (Å²) in [5, 5.41) is -0.228. The lowest BCUT2D eigenvalue weighted by Gasteiger charge is -2.19. The zero-order valence-corrected chi connectivity index (χ0v) is 14.2. The van der Waals surface area contributed by atoms with Gasteiger partial charge < -0.3 is 0 Å². The van der Waals surface area contributed by atoms with Crippen LogP contribution in [0.5, 0.6) is 0 Å². The van der Waals surface area contributed by atoms with E-state index >= 15 is 0 Å². The number of aromatic nitrogens is 1. The summed E-state index contributed by atoms with van der Waals surface area (Å²) >= 11 is 0. The Morgan fingerprint density at radius 1 is 1.17 bits per heavy atom. The van der Waals surface area contributed by atoms with Crippen LogP contribution in [0.4, 0.5) is 0 Å². The van der Waals surface area contributed by atoms with Gasteiger partial charge in [0, 0.05) is 25.5 Å². The Morgan fingerprint density at radius 2 is 2.00 bits per heavy atom. The van der Waals surface area contributed by atoms with Crippen molar-refractivity contribution in [2.75, 3.05) is 18.8 Å². The summed E-state index contributed by atoms with van der Waals surface area (Å²) in [5.41, 5.74) is 3.45. The van der Waals surface area contributed by atoms with Crippen molar-refractivity contribution in [3.8, 4) is 11.1 Å². The van der Waals surface area contributed by atoms with Crippen LogP contribution in [0.2, 0.25) is 0 Å². The quantitative estimate of drug-likeness (QED) is 0.868. The topological polar surface area (TPSA) is 50.3 Å². The van der Waals surface area contributed by atoms with Crippen molar-refractivity contribution in [1.29, 1.82) is 0 Å². The van der Waals surface area contributed by atoms with E-state index in [2.05, 4.69) is 34.1 Å². The minimum Gasteiger partial charge on any atom is -0.298 e. The van der Waals surface area contributed by atoms with E-state index in [9.17, 15) is 8.42 Å². The Hall–Kier alpha value is -1.72. The van der Waals surface area contributed by atoms with E-state index in [-0.39, 0.29) is 11.0 Å². The number of nitrogens with zero attached hydrogens (tertiary/aromatic N) is 2. The third-order valence-electron chi connectivity index (χ3n) is 4.48. The van der Waals surface area contributed by atoms with Gasteiger partial charge in [0.1, 0.15) is 0 Å². The number of pyridine rings is 1. The van der Waals surface area contributed by atoms with Gasteiger partial charge in [0.05, 0.1) is 11.0 Å². The van der Waals surface area contributed by atoms with Gasteiger partial charge in [-0.3, -0.25) is 9.88 Å². The van der Waals surface area contributed by atoms with Crippen molar-refractivity contribution in [1.82, 2.24) is 9.88 Å². The predicted molar refractivity (Wildman–Crippen MR) is 92.8 cm³/mol. The molecular weight excluding hydrogens is 308 g/mol. The predicted octanol–water partition coefficient (Wildman–Crippen LogP) is 2.76. The molecule has 0 bridgehead atoms. The largest absolute Gasteiger partial charge is 0.298 e. The maximum atomic E-state index is 12.0. The second-order valence-electron chi connectivity index (χ2n) is 6.18. The smallest absolute Gasteiger partial charge is 0.154 e. The van der Waals surface area contributed by atoms with E-state index in [1.807, 2.05) is 25.3 Å². The average Bonchev–Trinajstić information content (AvgIpc) is 2.69. The van der Waals surface area contributed by atoms with Gasteiger partial charge in [0.25, 0.3) is 0 Å². The van der Waals surface area contributed by atoms with Crippen LogP contribution in [0.3, 0.4) is 0 Å². The van der Waals surface area contributed by atoms with Crippen molar-refractivity contribution in [3.05, 3.63) is 54.4 Å². The van der Waals surface area contributed by atoms with E-state index in [0.717, 1.165) is 24.2 Å². The van der Waals surface area contributed by atoms with Crippen molar-refractivity contribution in [2.45, 2.75) is 25.1 Å². The van der Waals surface area contributed by atoms with Crippen LogP contribution in [0.15, 0.2) is 48.8 Å². The molecule has 0 N–H and O–H groups in total. The minimum atomic E-state index is -2.92. The molecule has 1 aromatic carbocycles. The summed E-state index contributed by atoms with van der Waals surface area (Å²) in [6, 6.07) is 12.4. The maximum absolute atomic E-state index is 12.0. The van der Waals surface area contributed by atoms with Crippen molar-refractivity contribution < 1.29 is 8.42 Å². The van der Waals surface area contributed by atoms with Crippen LogP contribution >= 0.6 is 0 Å². The summed E-state index contributed by atoms with van der Waals surface area (Å²) in [6.45, 7) is 4.06. The number of hydrogen-bond acceptors (Lipinski definition) is 4. The van der Waals surface area contributed by atoms with E-state index in [1.165, 1.54) is 5.56 Å². The fraction of sp³-hybridized carbons (Fsp3) is 0.389. The molecule has 1 aromatic heterocycles. The van der Waals surface area contributed by atoms with Gasteiger partial charge in [-0.2, -0.15) is 0 Å². The SMILES string of the molecule is C[C@@H]1CCN(Cc2cccc(-c3cccnc3)c2)CCS1(=O)=O. The van der Waals surface area contributed by atoms with Crippen LogP contribution in [-0.4, -0.2) is 42.4 Å². The summed E-state index contributed by atoms with van der Waals surface area (Å²) in [5.74, 6) is 0.260. The fourth-order valence-electron chi connectivity index (χ4n) is 2.91. The Labute approximate surface area is 138 Å². The lowest BCUT2D eigenvalue weighted by Crippen LogP contribution is -2.26. The summed E-state index contributed by atoms with van der Waals surface area (Å²) in [7, 11) is -2.92. The number of rotatable bonds is 3. The molecule has 0 spiro atoms. The van der Waals surface area contributed by atoms with Gasteiger partial charge in [-0.15, -0.1) is 0 Å². The summed E-state index contributed by atoms with van der Waals surface area (Å²) in [6.07, 6.45) is 4.34. The van der Waals surface area contributed by atoms with Crippen LogP contribution in [0, 0.1) is 0 Å². The fourth-order valence-corrected chi connectivity index (χ4v) is 4.29. The molecule has 1 aliphatic rings. The summed E-state index contributed by atoms with van der Waals surface area (Å²) in [4.78, 5) is 6.41. The van der Waals surface area contributed by atoms with Gasteiger partial charge in [-0.25, -0.2) is 8.42 Å². The number of hydrogen-bond donors (Lipinski definition) is 0. The van der Waals surface area contributed by atoms with Gasteiger partial charge in [-0.05, 0) is 48.7 Å². The van der Waals surface area contributed by atoms with Gasteiger partial charge in [0.2, 0.25) is 0 Å². The first-order chi connectivity index (χ1) is 11.0. The number of benzene rings is 1. The van der Waals surface area contributed by atoms with Crippen LogP contribution in [-0.2, 0) is 16.4 Å². The van der Waals surface area contributed by atoms with Gasteiger partial charge >= 0.3 is 0 Å². The Kier molecular flexibility index (Phi) is 4.78. The van der Waals surface area contributed by atoms with E-state index in [0.29, 0.717) is 13.0 Å². The maximum Gasteiger partial charge on any atom is 0.154 e. The van der Waals surface area contributed by atoms with E-state index in [4.69, 9.17) is 0 Å². The molecule has 4 nitrogen and oxygen atoms in total. The molecule has 122 valence electrons. The lowest BCUT2D eigenvalue weighted by molar-refractivity contribution is 0.283. The van der Waals surface area contributed by atoms with Crippen molar-refractivity contribution >= 4 is 9.84 Å². The Bertz CT molecular complexity index is 760. The van der Waals surface area contributed by atoms with Crippen LogP contribution < -0.4 is 0 Å². The molecular formula is C18H22N2O2S. The van der Waals surface area contributed by atoms with Gasteiger partial charge in [-0.1, -0.05) is 24.3 Å². The average molecular weight is 330 g/mol. The minimum absolute atomic E-state index is 0.228. The summed E-state index contributed by atoms with van der Waals surface area (Å²) < 4.78 is 24.0. The molecule has 0 aliphatic carbocycles. The van der Waals surface area contributed by atoms with Crippen molar-refractivity contribution in [2.24, 2.45) is 0 Å². The highest BCUT2D eigenvalue weighted by Gasteiger charge is 2.26. The molecule has 5 heteroatoms. The zero-order chi connectivity index (χ0) is 16.3. The lowest BCUT2D eigenvalue weighted by atomic mass is 10.0. The first-order valence-corrected chi connectivity index (χ1v) is 9.69. The first-order valence-electron chi connectivity index (χ1n) is 7.98. The molecule has 1 saturated heterocycles. The Balaban J connectivity index is 1.74.